The van der Waals surface area contributed by atoms with Crippen LogP contribution in [-0.2, 0) is 0 Å². The van der Waals surface area contributed by atoms with Gasteiger partial charge in [0, 0.05) is 11.8 Å². The molecular formula is C10H19N4S+. The van der Waals surface area contributed by atoms with Gasteiger partial charge in [-0.3, -0.25) is 0 Å². The maximum atomic E-state index is 5.67. The SMILES string of the molecule is Cc1cc(N)nc(S[C@H](C)C[NH+](C)C)n1. The number of hydrogen-bond acceptors (Lipinski definition) is 4. The second kappa shape index (κ2) is 5.32. The van der Waals surface area contributed by atoms with Crippen molar-refractivity contribution in [3.05, 3.63) is 11.8 Å². The zero-order valence-corrected chi connectivity index (χ0v) is 10.6. The molecule has 84 valence electrons. The second-order valence-electron chi connectivity index (χ2n) is 4.06. The Morgan fingerprint density at radius 3 is 2.67 bits per heavy atom. The number of aromatic nitrogens is 2. The third-order valence-corrected chi connectivity index (χ3v) is 2.82. The Morgan fingerprint density at radius 2 is 2.13 bits per heavy atom. The molecule has 0 aromatic carbocycles. The van der Waals surface area contributed by atoms with Crippen LogP contribution in [0.4, 0.5) is 5.82 Å². The largest absolute Gasteiger partial charge is 0.384 e. The molecule has 0 aliphatic carbocycles. The van der Waals surface area contributed by atoms with Crippen molar-refractivity contribution in [3.63, 3.8) is 0 Å². The maximum Gasteiger partial charge on any atom is 0.190 e. The van der Waals surface area contributed by atoms with Crippen molar-refractivity contribution in [1.82, 2.24) is 9.97 Å². The summed E-state index contributed by atoms with van der Waals surface area (Å²) in [7, 11) is 4.28. The zero-order chi connectivity index (χ0) is 11.4. The molecule has 1 atom stereocenters. The van der Waals surface area contributed by atoms with Crippen LogP contribution in [0.1, 0.15) is 12.6 Å². The molecule has 0 radical (unpaired) electrons. The van der Waals surface area contributed by atoms with Crippen LogP contribution in [0.5, 0.6) is 0 Å². The molecule has 3 N–H and O–H groups in total. The van der Waals surface area contributed by atoms with Gasteiger partial charge in [0.2, 0.25) is 0 Å². The molecule has 5 heteroatoms. The second-order valence-corrected chi connectivity index (χ2v) is 5.46. The summed E-state index contributed by atoms with van der Waals surface area (Å²) in [5.41, 5.74) is 6.59. The molecule has 15 heavy (non-hydrogen) atoms. The van der Waals surface area contributed by atoms with Gasteiger partial charge in [-0.15, -0.1) is 0 Å². The Kier molecular flexibility index (Phi) is 4.35. The molecule has 1 aromatic rings. The average Bonchev–Trinajstić information content (AvgIpc) is 1.98. The van der Waals surface area contributed by atoms with E-state index >= 15 is 0 Å². The van der Waals surface area contributed by atoms with Crippen molar-refractivity contribution in [2.75, 3.05) is 26.4 Å². The summed E-state index contributed by atoms with van der Waals surface area (Å²) in [5.74, 6) is 0.550. The molecule has 0 saturated heterocycles. The van der Waals surface area contributed by atoms with Crippen LogP contribution in [0.25, 0.3) is 0 Å². The Bertz CT molecular complexity index is 307. The lowest BCUT2D eigenvalue weighted by Crippen LogP contribution is -3.06. The molecule has 0 amide bonds. The first-order valence-electron chi connectivity index (χ1n) is 5.04. The number of nitrogens with zero attached hydrogens (tertiary/aromatic N) is 2. The van der Waals surface area contributed by atoms with Gasteiger partial charge in [0.1, 0.15) is 5.82 Å². The summed E-state index contributed by atoms with van der Waals surface area (Å²) in [6.07, 6.45) is 0. The van der Waals surface area contributed by atoms with Crippen molar-refractivity contribution in [3.8, 4) is 0 Å². The standard InChI is InChI=1S/C10H18N4S/c1-7-5-9(11)13-10(12-7)15-8(2)6-14(3)4/h5,8H,6H2,1-4H3,(H2,11,12,13)/p+1/t8-/m1/s1. The van der Waals surface area contributed by atoms with Crippen LogP contribution in [-0.4, -0.2) is 35.9 Å². The molecule has 0 fully saturated rings. The van der Waals surface area contributed by atoms with E-state index in [-0.39, 0.29) is 0 Å². The Balaban J connectivity index is 2.63. The summed E-state index contributed by atoms with van der Waals surface area (Å²) in [6, 6.07) is 1.78. The molecule has 1 aromatic heterocycles. The average molecular weight is 227 g/mol. The summed E-state index contributed by atoms with van der Waals surface area (Å²) in [5, 5.41) is 1.28. The van der Waals surface area contributed by atoms with Crippen molar-refractivity contribution < 1.29 is 4.90 Å². The topological polar surface area (TPSA) is 56.2 Å². The highest BCUT2D eigenvalue weighted by atomic mass is 32.2. The number of nitrogens with two attached hydrogens (primary N) is 1. The molecule has 4 nitrogen and oxygen atoms in total. The van der Waals surface area contributed by atoms with Gasteiger partial charge in [0.15, 0.2) is 5.16 Å². The Labute approximate surface area is 95.3 Å². The van der Waals surface area contributed by atoms with Gasteiger partial charge in [0.25, 0.3) is 0 Å². The smallest absolute Gasteiger partial charge is 0.190 e. The number of rotatable bonds is 4. The van der Waals surface area contributed by atoms with Crippen molar-refractivity contribution in [2.24, 2.45) is 0 Å². The van der Waals surface area contributed by atoms with E-state index < -0.39 is 0 Å². The lowest BCUT2D eigenvalue weighted by molar-refractivity contribution is -0.857. The summed E-state index contributed by atoms with van der Waals surface area (Å²) in [6.45, 7) is 5.20. The number of nitrogen functional groups attached to an aromatic ring is 1. The predicted octanol–water partition coefficient (Wildman–Crippen LogP) is -0.00768. The fourth-order valence-electron chi connectivity index (χ4n) is 1.41. The minimum Gasteiger partial charge on any atom is -0.384 e. The predicted molar refractivity (Wildman–Crippen MR) is 64.2 cm³/mol. The van der Waals surface area contributed by atoms with Crippen LogP contribution < -0.4 is 10.6 Å². The fourth-order valence-corrected chi connectivity index (χ4v) is 2.55. The van der Waals surface area contributed by atoms with E-state index in [1.54, 1.807) is 17.8 Å². The van der Waals surface area contributed by atoms with Crippen molar-refractivity contribution in [2.45, 2.75) is 24.3 Å². The third kappa shape index (κ3) is 4.48. The van der Waals surface area contributed by atoms with Gasteiger partial charge in [-0.25, -0.2) is 9.97 Å². The van der Waals surface area contributed by atoms with Gasteiger partial charge >= 0.3 is 0 Å². The van der Waals surface area contributed by atoms with Gasteiger partial charge in [-0.05, 0) is 13.8 Å². The third-order valence-electron chi connectivity index (χ3n) is 1.86. The molecule has 1 rings (SSSR count). The Morgan fingerprint density at radius 1 is 1.47 bits per heavy atom. The van der Waals surface area contributed by atoms with E-state index in [1.165, 1.54) is 4.90 Å². The first-order valence-corrected chi connectivity index (χ1v) is 5.92. The highest BCUT2D eigenvalue weighted by Crippen LogP contribution is 2.19. The molecule has 1 heterocycles. The van der Waals surface area contributed by atoms with E-state index in [2.05, 4.69) is 31.0 Å². The van der Waals surface area contributed by atoms with E-state index in [9.17, 15) is 0 Å². The fraction of sp³-hybridized carbons (Fsp3) is 0.600. The lowest BCUT2D eigenvalue weighted by Gasteiger charge is -2.13. The number of anilines is 1. The van der Waals surface area contributed by atoms with Gasteiger partial charge in [-0.1, -0.05) is 11.8 Å². The molecular weight excluding hydrogens is 208 g/mol. The normalized spacial score (nSPS) is 13.1. The van der Waals surface area contributed by atoms with Crippen LogP contribution >= 0.6 is 11.8 Å². The van der Waals surface area contributed by atoms with E-state index in [0.717, 1.165) is 17.4 Å². The van der Waals surface area contributed by atoms with Gasteiger partial charge in [-0.2, -0.15) is 0 Å². The number of hydrogen-bond donors (Lipinski definition) is 2. The minimum atomic E-state index is 0.496. The van der Waals surface area contributed by atoms with E-state index in [4.69, 9.17) is 5.73 Å². The quantitative estimate of drug-likeness (QED) is 0.561. The van der Waals surface area contributed by atoms with Crippen LogP contribution in [0.2, 0.25) is 0 Å². The number of aryl methyl sites for hydroxylation is 1. The maximum absolute atomic E-state index is 5.67. The molecule has 0 unspecified atom stereocenters. The van der Waals surface area contributed by atoms with Crippen molar-refractivity contribution >= 4 is 17.6 Å². The molecule has 0 spiro atoms. The Hall–Kier alpha value is -0.810. The highest BCUT2D eigenvalue weighted by Gasteiger charge is 2.10. The summed E-state index contributed by atoms with van der Waals surface area (Å²) >= 11 is 1.68. The van der Waals surface area contributed by atoms with Crippen LogP contribution in [0, 0.1) is 6.92 Å². The number of quaternary nitrogens is 1. The monoisotopic (exact) mass is 227 g/mol. The molecule has 0 saturated carbocycles. The highest BCUT2D eigenvalue weighted by molar-refractivity contribution is 7.99. The number of nitrogens with one attached hydrogen (secondary N) is 1. The van der Waals surface area contributed by atoms with Gasteiger partial charge < -0.3 is 10.6 Å². The first kappa shape index (κ1) is 12.3. The zero-order valence-electron chi connectivity index (χ0n) is 9.74. The van der Waals surface area contributed by atoms with Gasteiger partial charge in [0.05, 0.1) is 25.9 Å². The molecule has 0 aliphatic rings. The first-order chi connectivity index (χ1) is 6.97. The van der Waals surface area contributed by atoms with E-state index in [0.29, 0.717) is 11.1 Å². The summed E-state index contributed by atoms with van der Waals surface area (Å²) in [4.78, 5) is 9.97. The summed E-state index contributed by atoms with van der Waals surface area (Å²) < 4.78 is 0. The minimum absolute atomic E-state index is 0.496. The molecule has 0 bridgehead atoms. The van der Waals surface area contributed by atoms with Crippen LogP contribution in [0.15, 0.2) is 11.2 Å². The molecule has 0 aliphatic heterocycles. The van der Waals surface area contributed by atoms with Crippen molar-refractivity contribution in [1.29, 1.82) is 0 Å². The number of thioether (sulfide) groups is 1. The van der Waals surface area contributed by atoms with E-state index in [1.807, 2.05) is 6.92 Å². The lowest BCUT2D eigenvalue weighted by atomic mass is 10.4. The van der Waals surface area contributed by atoms with Crippen LogP contribution in [0.3, 0.4) is 0 Å².